The van der Waals surface area contributed by atoms with Crippen molar-refractivity contribution < 1.29 is 18.3 Å². The summed E-state index contributed by atoms with van der Waals surface area (Å²) in [4.78, 5) is 17.1. The van der Waals surface area contributed by atoms with Crippen LogP contribution in [-0.2, 0) is 6.61 Å². The summed E-state index contributed by atoms with van der Waals surface area (Å²) in [6.45, 7) is 2.04. The average molecular weight is 411 g/mol. The van der Waals surface area contributed by atoms with Gasteiger partial charge in [0, 0.05) is 23.7 Å². The number of ether oxygens (including phenoxy) is 1. The van der Waals surface area contributed by atoms with Gasteiger partial charge < -0.3 is 15.8 Å². The van der Waals surface area contributed by atoms with Gasteiger partial charge in [-0.3, -0.25) is 9.78 Å². The topological polar surface area (TPSA) is 77.2 Å². The van der Waals surface area contributed by atoms with Crippen molar-refractivity contribution in [2.45, 2.75) is 31.9 Å². The summed E-state index contributed by atoms with van der Waals surface area (Å²) in [6.07, 6.45) is 3.69. The summed E-state index contributed by atoms with van der Waals surface area (Å²) in [5, 5.41) is 3.50. The minimum absolute atomic E-state index is 0.161. The van der Waals surface area contributed by atoms with Crippen molar-refractivity contribution in [3.8, 4) is 5.75 Å². The smallest absolute Gasteiger partial charge is 0.252 e. The summed E-state index contributed by atoms with van der Waals surface area (Å²) < 4.78 is 33.4. The van der Waals surface area contributed by atoms with Gasteiger partial charge in [-0.15, -0.1) is 0 Å². The maximum atomic E-state index is 13.9. The fraction of sp³-hybridized carbons (Fsp3) is 0.304. The molecule has 1 saturated carbocycles. The molecule has 1 fully saturated rings. The average Bonchev–Trinajstić information content (AvgIpc) is 3.57. The van der Waals surface area contributed by atoms with Crippen molar-refractivity contribution in [1.82, 2.24) is 10.3 Å². The highest BCUT2D eigenvalue weighted by Crippen LogP contribution is 2.37. The van der Waals surface area contributed by atoms with Crippen LogP contribution in [0.5, 0.6) is 5.75 Å². The summed E-state index contributed by atoms with van der Waals surface area (Å²) in [6, 6.07) is 10.4. The van der Waals surface area contributed by atoms with Gasteiger partial charge in [0.25, 0.3) is 5.91 Å². The zero-order valence-corrected chi connectivity index (χ0v) is 16.6. The van der Waals surface area contributed by atoms with Crippen molar-refractivity contribution in [3.63, 3.8) is 0 Å². The molecule has 7 heteroatoms. The number of nitrogens with one attached hydrogen (secondary N) is 1. The van der Waals surface area contributed by atoms with Crippen LogP contribution in [0.4, 0.5) is 8.78 Å². The van der Waals surface area contributed by atoms with E-state index in [1.165, 1.54) is 24.4 Å². The minimum Gasteiger partial charge on any atom is -0.486 e. The van der Waals surface area contributed by atoms with Crippen molar-refractivity contribution in [2.75, 3.05) is 6.54 Å². The molecule has 1 unspecified atom stereocenters. The predicted molar refractivity (Wildman–Crippen MR) is 110 cm³/mol. The van der Waals surface area contributed by atoms with E-state index in [0.717, 1.165) is 12.8 Å². The van der Waals surface area contributed by atoms with E-state index < -0.39 is 17.2 Å². The number of nitrogens with two attached hydrogens (primary N) is 1. The fourth-order valence-electron chi connectivity index (χ4n) is 3.54. The maximum absolute atomic E-state index is 13.9. The third-order valence-electron chi connectivity index (χ3n) is 5.55. The van der Waals surface area contributed by atoms with Gasteiger partial charge in [-0.25, -0.2) is 8.78 Å². The van der Waals surface area contributed by atoms with Crippen LogP contribution in [0.2, 0.25) is 0 Å². The Morgan fingerprint density at radius 3 is 2.60 bits per heavy atom. The number of rotatable bonds is 7. The molecule has 0 radical (unpaired) electrons. The van der Waals surface area contributed by atoms with Crippen molar-refractivity contribution in [3.05, 3.63) is 71.4 Å². The molecule has 1 aliphatic rings. The van der Waals surface area contributed by atoms with Crippen LogP contribution in [0.25, 0.3) is 10.9 Å². The quantitative estimate of drug-likeness (QED) is 0.617. The monoisotopic (exact) mass is 411 g/mol. The standard InChI is InChI=1S/C23H23F2N3O2/c1-23(26,14-8-9-14)13-28-22(29)16-10-11-27-21-15(16)4-2-7-20(21)30-12-17-18(24)5-3-6-19(17)25/h2-7,10-11,14H,8-9,12-13,26H2,1H3,(H,28,29). The third kappa shape index (κ3) is 4.11. The first-order valence-electron chi connectivity index (χ1n) is 9.87. The van der Waals surface area contributed by atoms with Gasteiger partial charge in [0.15, 0.2) is 0 Å². The Kier molecular flexibility index (Phi) is 5.39. The van der Waals surface area contributed by atoms with Gasteiger partial charge in [-0.2, -0.15) is 0 Å². The van der Waals surface area contributed by atoms with Gasteiger partial charge in [0.1, 0.15) is 29.5 Å². The number of hydrogen-bond donors (Lipinski definition) is 2. The lowest BCUT2D eigenvalue weighted by atomic mass is 9.97. The molecule has 1 amide bonds. The van der Waals surface area contributed by atoms with Gasteiger partial charge in [-0.1, -0.05) is 18.2 Å². The van der Waals surface area contributed by atoms with E-state index in [1.54, 1.807) is 24.3 Å². The highest BCUT2D eigenvalue weighted by molar-refractivity contribution is 6.07. The molecule has 2 aromatic carbocycles. The Morgan fingerprint density at radius 1 is 1.20 bits per heavy atom. The molecular weight excluding hydrogens is 388 g/mol. The van der Waals surface area contributed by atoms with Crippen molar-refractivity contribution >= 4 is 16.8 Å². The highest BCUT2D eigenvalue weighted by atomic mass is 19.1. The first-order chi connectivity index (χ1) is 14.4. The summed E-state index contributed by atoms with van der Waals surface area (Å²) >= 11 is 0. The number of benzene rings is 2. The van der Waals surface area contributed by atoms with Gasteiger partial charge in [-0.05, 0) is 49.9 Å². The molecule has 1 atom stereocenters. The number of para-hydroxylation sites is 1. The zero-order chi connectivity index (χ0) is 21.3. The first kappa shape index (κ1) is 20.2. The van der Waals surface area contributed by atoms with Crippen LogP contribution in [-0.4, -0.2) is 23.0 Å². The number of hydrogen-bond acceptors (Lipinski definition) is 4. The van der Waals surface area contributed by atoms with Gasteiger partial charge in [0.05, 0.1) is 11.1 Å². The fourth-order valence-corrected chi connectivity index (χ4v) is 3.54. The molecule has 0 spiro atoms. The molecule has 0 aliphatic heterocycles. The van der Waals surface area contributed by atoms with Crippen LogP contribution >= 0.6 is 0 Å². The van der Waals surface area contributed by atoms with Crippen molar-refractivity contribution in [1.29, 1.82) is 0 Å². The van der Waals surface area contributed by atoms with E-state index in [1.807, 2.05) is 6.92 Å². The molecule has 1 aromatic heterocycles. The van der Waals surface area contributed by atoms with E-state index in [4.69, 9.17) is 10.5 Å². The zero-order valence-electron chi connectivity index (χ0n) is 16.6. The second-order valence-electron chi connectivity index (χ2n) is 7.96. The number of amides is 1. The Hall–Kier alpha value is -3.06. The largest absolute Gasteiger partial charge is 0.486 e. The molecule has 1 aliphatic carbocycles. The van der Waals surface area contributed by atoms with Crippen LogP contribution in [0.1, 0.15) is 35.7 Å². The lowest BCUT2D eigenvalue weighted by Crippen LogP contribution is -2.49. The van der Waals surface area contributed by atoms with Crippen LogP contribution < -0.4 is 15.8 Å². The molecule has 3 aromatic rings. The van der Waals surface area contributed by atoms with E-state index in [9.17, 15) is 13.6 Å². The van der Waals surface area contributed by atoms with Crippen LogP contribution in [0, 0.1) is 17.6 Å². The lowest BCUT2D eigenvalue weighted by Gasteiger charge is -2.24. The normalized spacial score (nSPS) is 15.6. The molecular formula is C23H23F2N3O2. The number of aromatic nitrogens is 1. The highest BCUT2D eigenvalue weighted by Gasteiger charge is 2.38. The number of halogens is 2. The third-order valence-corrected chi connectivity index (χ3v) is 5.55. The number of carbonyl (C=O) groups excluding carboxylic acids is 1. The predicted octanol–water partition coefficient (Wildman–Crippen LogP) is 3.95. The van der Waals surface area contributed by atoms with Crippen LogP contribution in [0.15, 0.2) is 48.7 Å². The van der Waals surface area contributed by atoms with E-state index in [0.29, 0.717) is 34.7 Å². The Bertz CT molecular complexity index is 1080. The summed E-state index contributed by atoms with van der Waals surface area (Å²) in [5.74, 6) is -0.832. The Balaban J connectivity index is 1.56. The van der Waals surface area contributed by atoms with E-state index in [2.05, 4.69) is 10.3 Å². The number of carbonyl (C=O) groups is 1. The Labute approximate surface area is 173 Å². The molecule has 5 nitrogen and oxygen atoms in total. The van der Waals surface area contributed by atoms with Gasteiger partial charge >= 0.3 is 0 Å². The Morgan fingerprint density at radius 2 is 1.90 bits per heavy atom. The van der Waals surface area contributed by atoms with E-state index >= 15 is 0 Å². The first-order valence-corrected chi connectivity index (χ1v) is 9.87. The number of fused-ring (bicyclic) bond motifs is 1. The van der Waals surface area contributed by atoms with Crippen molar-refractivity contribution in [2.24, 2.45) is 11.7 Å². The summed E-state index contributed by atoms with van der Waals surface area (Å²) in [7, 11) is 0. The van der Waals surface area contributed by atoms with Gasteiger partial charge in [0.2, 0.25) is 0 Å². The molecule has 0 bridgehead atoms. The number of pyridine rings is 1. The maximum Gasteiger partial charge on any atom is 0.252 e. The molecule has 3 N–H and O–H groups in total. The second kappa shape index (κ2) is 7.99. The van der Waals surface area contributed by atoms with Crippen LogP contribution in [0.3, 0.4) is 0 Å². The molecule has 4 rings (SSSR count). The summed E-state index contributed by atoms with van der Waals surface area (Å²) in [5.41, 5.74) is 6.58. The molecule has 156 valence electrons. The minimum atomic E-state index is -0.677. The lowest BCUT2D eigenvalue weighted by molar-refractivity contribution is 0.0944. The second-order valence-corrected chi connectivity index (χ2v) is 7.96. The SMILES string of the molecule is CC(N)(CNC(=O)c1ccnc2c(OCc3c(F)cccc3F)cccc12)C1CC1. The molecule has 0 saturated heterocycles. The molecule has 1 heterocycles. The molecule has 30 heavy (non-hydrogen) atoms. The van der Waals surface area contributed by atoms with E-state index in [-0.39, 0.29) is 18.1 Å². The number of nitrogens with zero attached hydrogens (tertiary/aromatic N) is 1.